The minimum Gasteiger partial charge on any atom is -0.387 e. The lowest BCUT2D eigenvalue weighted by Crippen LogP contribution is -2.36. The Bertz CT molecular complexity index is 388. The number of halogens is 1. The van der Waals surface area contributed by atoms with Crippen LogP contribution < -0.4 is 5.32 Å². The number of amides is 1. The Morgan fingerprint density at radius 2 is 2.27 bits per heavy atom. The highest BCUT2D eigenvalue weighted by Gasteiger charge is 2.45. The molecule has 3 nitrogen and oxygen atoms in total. The van der Waals surface area contributed by atoms with Crippen LogP contribution in [0.2, 0.25) is 0 Å². The van der Waals surface area contributed by atoms with E-state index in [1.807, 2.05) is 24.3 Å². The molecule has 0 spiro atoms. The summed E-state index contributed by atoms with van der Waals surface area (Å²) in [5, 5.41) is 11.6. The second-order valence-electron chi connectivity index (χ2n) is 3.80. The van der Waals surface area contributed by atoms with Crippen molar-refractivity contribution in [2.24, 2.45) is 0 Å². The SMILES string of the molecule is O=C(CO)NC1(c2cccc(Br)c2)CC1. The maximum Gasteiger partial charge on any atom is 0.246 e. The molecule has 1 aromatic carbocycles. The molecule has 0 bridgehead atoms. The number of rotatable bonds is 3. The molecule has 1 aliphatic carbocycles. The van der Waals surface area contributed by atoms with Crippen molar-refractivity contribution in [3.05, 3.63) is 34.3 Å². The molecule has 1 saturated carbocycles. The smallest absolute Gasteiger partial charge is 0.246 e. The average Bonchev–Trinajstić information content (AvgIpc) is 2.99. The Balaban J connectivity index is 2.19. The van der Waals surface area contributed by atoms with Crippen LogP contribution in [-0.4, -0.2) is 17.6 Å². The van der Waals surface area contributed by atoms with Gasteiger partial charge in [0.25, 0.3) is 0 Å². The Kier molecular flexibility index (Phi) is 2.80. The number of aliphatic hydroxyl groups is 1. The Morgan fingerprint density at radius 3 is 2.80 bits per heavy atom. The van der Waals surface area contributed by atoms with Crippen LogP contribution in [-0.2, 0) is 10.3 Å². The quantitative estimate of drug-likeness (QED) is 0.875. The fraction of sp³-hybridized carbons (Fsp3) is 0.364. The summed E-state index contributed by atoms with van der Waals surface area (Å²) in [7, 11) is 0. The van der Waals surface area contributed by atoms with Crippen molar-refractivity contribution in [2.75, 3.05) is 6.61 Å². The summed E-state index contributed by atoms with van der Waals surface area (Å²) in [6.07, 6.45) is 1.88. The van der Waals surface area contributed by atoms with Crippen LogP contribution in [0.5, 0.6) is 0 Å². The van der Waals surface area contributed by atoms with Crippen molar-refractivity contribution in [3.8, 4) is 0 Å². The van der Waals surface area contributed by atoms with Gasteiger partial charge in [0.2, 0.25) is 5.91 Å². The van der Waals surface area contributed by atoms with E-state index in [1.54, 1.807) is 0 Å². The van der Waals surface area contributed by atoms with E-state index in [4.69, 9.17) is 5.11 Å². The minimum atomic E-state index is -0.449. The zero-order valence-electron chi connectivity index (χ0n) is 8.16. The second-order valence-corrected chi connectivity index (χ2v) is 4.71. The summed E-state index contributed by atoms with van der Waals surface area (Å²) in [5.41, 5.74) is 0.863. The summed E-state index contributed by atoms with van der Waals surface area (Å²) in [6.45, 7) is -0.449. The molecule has 0 atom stereocenters. The summed E-state index contributed by atoms with van der Waals surface area (Å²) in [6, 6.07) is 7.90. The van der Waals surface area contributed by atoms with Crippen molar-refractivity contribution in [1.82, 2.24) is 5.32 Å². The molecule has 0 aromatic heterocycles. The highest BCUT2D eigenvalue weighted by atomic mass is 79.9. The largest absolute Gasteiger partial charge is 0.387 e. The number of benzene rings is 1. The van der Waals surface area contributed by atoms with Crippen LogP contribution >= 0.6 is 15.9 Å². The van der Waals surface area contributed by atoms with Gasteiger partial charge in [-0.15, -0.1) is 0 Å². The van der Waals surface area contributed by atoms with E-state index < -0.39 is 6.61 Å². The van der Waals surface area contributed by atoms with Gasteiger partial charge in [-0.2, -0.15) is 0 Å². The molecule has 1 aliphatic rings. The molecule has 15 heavy (non-hydrogen) atoms. The number of carbonyl (C=O) groups is 1. The summed E-state index contributed by atoms with van der Waals surface area (Å²) < 4.78 is 1.00. The third-order valence-corrected chi connectivity index (χ3v) is 3.14. The molecular weight excluding hydrogens is 258 g/mol. The van der Waals surface area contributed by atoms with Gasteiger partial charge in [-0.05, 0) is 30.5 Å². The normalized spacial score (nSPS) is 17.2. The van der Waals surface area contributed by atoms with Gasteiger partial charge in [0.15, 0.2) is 0 Å². The van der Waals surface area contributed by atoms with E-state index in [0.717, 1.165) is 22.9 Å². The lowest BCUT2D eigenvalue weighted by molar-refractivity contribution is -0.124. The molecule has 2 N–H and O–H groups in total. The Morgan fingerprint density at radius 1 is 1.53 bits per heavy atom. The van der Waals surface area contributed by atoms with Gasteiger partial charge in [0.1, 0.15) is 6.61 Å². The predicted molar refractivity (Wildman–Crippen MR) is 60.3 cm³/mol. The van der Waals surface area contributed by atoms with Gasteiger partial charge < -0.3 is 10.4 Å². The zero-order valence-corrected chi connectivity index (χ0v) is 9.75. The molecule has 1 fully saturated rings. The van der Waals surface area contributed by atoms with Crippen LogP contribution in [0.4, 0.5) is 0 Å². The molecule has 4 heteroatoms. The first kappa shape index (κ1) is 10.6. The molecular formula is C11H12BrNO2. The van der Waals surface area contributed by atoms with Crippen molar-refractivity contribution in [1.29, 1.82) is 0 Å². The highest BCUT2D eigenvalue weighted by Crippen LogP contribution is 2.45. The molecule has 0 aliphatic heterocycles. The van der Waals surface area contributed by atoms with Crippen molar-refractivity contribution >= 4 is 21.8 Å². The fourth-order valence-corrected chi connectivity index (χ4v) is 2.10. The predicted octanol–water partition coefficient (Wildman–Crippen LogP) is 1.55. The average molecular weight is 270 g/mol. The van der Waals surface area contributed by atoms with Gasteiger partial charge in [-0.25, -0.2) is 0 Å². The number of hydrogen-bond donors (Lipinski definition) is 2. The Labute approximate surface area is 96.6 Å². The number of carbonyl (C=O) groups excluding carboxylic acids is 1. The lowest BCUT2D eigenvalue weighted by Gasteiger charge is -2.17. The van der Waals surface area contributed by atoms with Gasteiger partial charge in [0, 0.05) is 4.47 Å². The van der Waals surface area contributed by atoms with E-state index in [9.17, 15) is 4.79 Å². The maximum atomic E-state index is 11.2. The standard InChI is InChI=1S/C11H12BrNO2/c12-9-3-1-2-8(6-9)11(4-5-11)13-10(15)7-14/h1-3,6,14H,4-5,7H2,(H,13,15). The van der Waals surface area contributed by atoms with Gasteiger partial charge in [0.05, 0.1) is 5.54 Å². The summed E-state index contributed by atoms with van der Waals surface area (Å²) in [5.74, 6) is -0.313. The third-order valence-electron chi connectivity index (χ3n) is 2.65. The molecule has 1 aromatic rings. The van der Waals surface area contributed by atoms with Crippen molar-refractivity contribution < 1.29 is 9.90 Å². The van der Waals surface area contributed by atoms with E-state index in [-0.39, 0.29) is 11.4 Å². The lowest BCUT2D eigenvalue weighted by atomic mass is 10.1. The van der Waals surface area contributed by atoms with E-state index in [2.05, 4.69) is 21.2 Å². The van der Waals surface area contributed by atoms with Crippen LogP contribution in [0.25, 0.3) is 0 Å². The molecule has 0 unspecified atom stereocenters. The third kappa shape index (κ3) is 2.21. The van der Waals surface area contributed by atoms with Gasteiger partial charge in [-0.1, -0.05) is 28.1 Å². The summed E-state index contributed by atoms with van der Waals surface area (Å²) in [4.78, 5) is 11.2. The highest BCUT2D eigenvalue weighted by molar-refractivity contribution is 9.10. The number of nitrogens with one attached hydrogen (secondary N) is 1. The molecule has 0 saturated heterocycles. The van der Waals surface area contributed by atoms with Crippen LogP contribution in [0.1, 0.15) is 18.4 Å². The van der Waals surface area contributed by atoms with Crippen molar-refractivity contribution in [3.63, 3.8) is 0 Å². The van der Waals surface area contributed by atoms with Crippen LogP contribution in [0.15, 0.2) is 28.7 Å². The monoisotopic (exact) mass is 269 g/mol. The second kappa shape index (κ2) is 3.94. The number of hydrogen-bond acceptors (Lipinski definition) is 2. The van der Waals surface area contributed by atoms with Crippen LogP contribution in [0.3, 0.4) is 0 Å². The van der Waals surface area contributed by atoms with E-state index >= 15 is 0 Å². The van der Waals surface area contributed by atoms with Gasteiger partial charge in [-0.3, -0.25) is 4.79 Å². The zero-order chi connectivity index (χ0) is 10.9. The minimum absolute atomic E-state index is 0.233. The van der Waals surface area contributed by atoms with Crippen LogP contribution in [0, 0.1) is 0 Å². The fourth-order valence-electron chi connectivity index (χ4n) is 1.70. The number of aliphatic hydroxyl groups excluding tert-OH is 1. The van der Waals surface area contributed by atoms with E-state index in [1.165, 1.54) is 0 Å². The Hall–Kier alpha value is -0.870. The maximum absolute atomic E-state index is 11.2. The van der Waals surface area contributed by atoms with Crippen molar-refractivity contribution in [2.45, 2.75) is 18.4 Å². The molecule has 80 valence electrons. The summed E-state index contributed by atoms with van der Waals surface area (Å²) >= 11 is 3.40. The van der Waals surface area contributed by atoms with E-state index in [0.29, 0.717) is 0 Å². The molecule has 0 heterocycles. The topological polar surface area (TPSA) is 49.3 Å². The first-order valence-corrected chi connectivity index (χ1v) is 5.63. The first-order valence-electron chi connectivity index (χ1n) is 4.84. The first-order chi connectivity index (χ1) is 7.16. The molecule has 2 rings (SSSR count). The molecule has 0 radical (unpaired) electrons. The van der Waals surface area contributed by atoms with Gasteiger partial charge >= 0.3 is 0 Å². The molecule has 1 amide bonds.